The molecule has 0 amide bonds. The van der Waals surface area contributed by atoms with Crippen LogP contribution in [0.3, 0.4) is 0 Å². The van der Waals surface area contributed by atoms with Gasteiger partial charge in [0.1, 0.15) is 0 Å². The first kappa shape index (κ1) is 11.5. The summed E-state index contributed by atoms with van der Waals surface area (Å²) in [6.45, 7) is 6.53. The molecule has 0 aromatic heterocycles. The third-order valence-electron chi connectivity index (χ3n) is 6.45. The second-order valence-corrected chi connectivity index (χ2v) is 7.35. The van der Waals surface area contributed by atoms with Gasteiger partial charge in [-0.1, -0.05) is 31.4 Å². The van der Waals surface area contributed by atoms with Crippen molar-refractivity contribution in [2.75, 3.05) is 0 Å². The molecule has 7 unspecified atom stereocenters. The van der Waals surface area contributed by atoms with Crippen LogP contribution < -0.4 is 0 Å². The third-order valence-corrected chi connectivity index (χ3v) is 6.45. The molecule has 0 radical (unpaired) electrons. The van der Waals surface area contributed by atoms with Crippen molar-refractivity contribution in [2.24, 2.45) is 29.6 Å². The molecule has 1 aliphatic heterocycles. The maximum absolute atomic E-state index is 6.07. The lowest BCUT2D eigenvalue weighted by molar-refractivity contribution is 0.0695. The van der Waals surface area contributed by atoms with E-state index in [4.69, 9.17) is 4.74 Å². The van der Waals surface area contributed by atoms with Crippen LogP contribution in [0, 0.1) is 29.6 Å². The summed E-state index contributed by atoms with van der Waals surface area (Å²) >= 11 is 0. The summed E-state index contributed by atoms with van der Waals surface area (Å²) in [4.78, 5) is 0. The predicted molar refractivity (Wildman–Crippen MR) is 73.2 cm³/mol. The number of fused-ring (bicyclic) bond motifs is 5. The molecule has 4 rings (SSSR count). The highest BCUT2D eigenvalue weighted by molar-refractivity contribution is 5.12. The number of epoxide rings is 1. The van der Waals surface area contributed by atoms with Gasteiger partial charge in [0, 0.05) is 0 Å². The molecule has 1 saturated heterocycles. The lowest BCUT2D eigenvalue weighted by Crippen LogP contribution is -2.37. The molecule has 3 saturated carbocycles. The largest absolute Gasteiger partial charge is 0.369 e. The zero-order valence-corrected chi connectivity index (χ0v) is 11.6. The van der Waals surface area contributed by atoms with Crippen LogP contribution in [0.5, 0.6) is 0 Å². The van der Waals surface area contributed by atoms with Crippen LogP contribution in [-0.4, -0.2) is 12.2 Å². The van der Waals surface area contributed by atoms with Gasteiger partial charge in [0.2, 0.25) is 0 Å². The Kier molecular flexibility index (Phi) is 2.62. The van der Waals surface area contributed by atoms with Crippen LogP contribution in [0.4, 0.5) is 0 Å². The summed E-state index contributed by atoms with van der Waals surface area (Å²) in [5.41, 5.74) is 1.43. The number of allylic oxidation sites excluding steroid dienone is 1. The van der Waals surface area contributed by atoms with E-state index in [0.29, 0.717) is 12.2 Å². The molecule has 0 aromatic rings. The Morgan fingerprint density at radius 3 is 2.67 bits per heavy atom. The van der Waals surface area contributed by atoms with Gasteiger partial charge >= 0.3 is 0 Å². The lowest BCUT2D eigenvalue weighted by atomic mass is 9.63. The van der Waals surface area contributed by atoms with Crippen molar-refractivity contribution in [2.45, 2.75) is 64.1 Å². The van der Waals surface area contributed by atoms with E-state index >= 15 is 0 Å². The van der Waals surface area contributed by atoms with E-state index in [1.54, 1.807) is 0 Å². The van der Waals surface area contributed by atoms with Crippen LogP contribution in [0.15, 0.2) is 12.2 Å². The molecule has 18 heavy (non-hydrogen) atoms. The first-order chi connectivity index (χ1) is 8.75. The van der Waals surface area contributed by atoms with Crippen LogP contribution in [0.25, 0.3) is 0 Å². The van der Waals surface area contributed by atoms with E-state index in [9.17, 15) is 0 Å². The molecule has 0 aromatic carbocycles. The van der Waals surface area contributed by atoms with Gasteiger partial charge in [-0.05, 0) is 62.2 Å². The predicted octanol–water partition coefficient (Wildman–Crippen LogP) is 4.18. The zero-order valence-electron chi connectivity index (χ0n) is 11.6. The highest BCUT2D eigenvalue weighted by atomic mass is 16.6. The van der Waals surface area contributed by atoms with Crippen molar-refractivity contribution in [3.8, 4) is 0 Å². The number of ether oxygens (including phenoxy) is 1. The van der Waals surface area contributed by atoms with Crippen molar-refractivity contribution in [3.05, 3.63) is 12.2 Å². The monoisotopic (exact) mass is 246 g/mol. The summed E-state index contributed by atoms with van der Waals surface area (Å²) in [6.07, 6.45) is 11.4. The second kappa shape index (κ2) is 4.10. The van der Waals surface area contributed by atoms with Crippen molar-refractivity contribution < 1.29 is 4.74 Å². The molecule has 1 heteroatoms. The maximum Gasteiger partial charge on any atom is 0.0878 e. The topological polar surface area (TPSA) is 12.5 Å². The van der Waals surface area contributed by atoms with E-state index in [1.807, 2.05) is 0 Å². The first-order valence-electron chi connectivity index (χ1n) is 8.06. The molecule has 0 spiro atoms. The van der Waals surface area contributed by atoms with Gasteiger partial charge in [-0.3, -0.25) is 0 Å². The molecule has 0 N–H and O–H groups in total. The average Bonchev–Trinajstić information content (AvgIpc) is 2.98. The Morgan fingerprint density at radius 2 is 1.83 bits per heavy atom. The number of rotatable bonds is 1. The van der Waals surface area contributed by atoms with Crippen LogP contribution in [-0.2, 0) is 4.74 Å². The van der Waals surface area contributed by atoms with Gasteiger partial charge in [0.05, 0.1) is 12.2 Å². The number of hydrogen-bond donors (Lipinski definition) is 0. The minimum atomic E-state index is 0.614. The fourth-order valence-electron chi connectivity index (χ4n) is 5.71. The van der Waals surface area contributed by atoms with Crippen molar-refractivity contribution in [1.29, 1.82) is 0 Å². The summed E-state index contributed by atoms with van der Waals surface area (Å²) in [6, 6.07) is 0. The van der Waals surface area contributed by atoms with E-state index in [0.717, 1.165) is 29.6 Å². The molecular formula is C17H26O. The highest BCUT2D eigenvalue weighted by Crippen LogP contribution is 2.58. The quantitative estimate of drug-likeness (QED) is 0.499. The Balaban J connectivity index is 1.67. The van der Waals surface area contributed by atoms with Gasteiger partial charge in [0.25, 0.3) is 0 Å². The van der Waals surface area contributed by atoms with Crippen molar-refractivity contribution in [3.63, 3.8) is 0 Å². The fraction of sp³-hybridized carbons (Fsp3) is 0.882. The van der Waals surface area contributed by atoms with Crippen LogP contribution in [0.2, 0.25) is 0 Å². The summed E-state index contributed by atoms with van der Waals surface area (Å²) in [5, 5.41) is 0. The van der Waals surface area contributed by atoms with Gasteiger partial charge < -0.3 is 4.74 Å². The SMILES string of the molecule is C=C(C)C1CCCC2C3CCCC3CC3OC3C12. The van der Waals surface area contributed by atoms with Gasteiger partial charge in [0.15, 0.2) is 0 Å². The smallest absolute Gasteiger partial charge is 0.0878 e. The highest BCUT2D eigenvalue weighted by Gasteiger charge is 2.57. The van der Waals surface area contributed by atoms with Crippen LogP contribution >= 0.6 is 0 Å². The molecule has 7 atom stereocenters. The Morgan fingerprint density at radius 1 is 1.06 bits per heavy atom. The Bertz CT molecular complexity index is 361. The summed E-state index contributed by atoms with van der Waals surface area (Å²) in [5.74, 6) is 4.59. The molecule has 3 aliphatic carbocycles. The van der Waals surface area contributed by atoms with E-state index in [-0.39, 0.29) is 0 Å². The molecule has 1 nitrogen and oxygen atoms in total. The normalized spacial score (nSPS) is 53.9. The molecule has 4 aliphatic rings. The first-order valence-corrected chi connectivity index (χ1v) is 8.06. The van der Waals surface area contributed by atoms with Crippen molar-refractivity contribution in [1.82, 2.24) is 0 Å². The van der Waals surface area contributed by atoms with Gasteiger partial charge in [-0.2, -0.15) is 0 Å². The average molecular weight is 246 g/mol. The molecule has 0 bridgehead atoms. The molecule has 100 valence electrons. The summed E-state index contributed by atoms with van der Waals surface area (Å²) in [7, 11) is 0. The number of hydrogen-bond acceptors (Lipinski definition) is 1. The van der Waals surface area contributed by atoms with Gasteiger partial charge in [-0.15, -0.1) is 0 Å². The van der Waals surface area contributed by atoms with Crippen molar-refractivity contribution >= 4 is 0 Å². The second-order valence-electron chi connectivity index (χ2n) is 7.35. The third kappa shape index (κ3) is 1.62. The van der Waals surface area contributed by atoms with E-state index in [1.165, 1.54) is 50.5 Å². The fourth-order valence-corrected chi connectivity index (χ4v) is 5.71. The van der Waals surface area contributed by atoms with E-state index < -0.39 is 0 Å². The van der Waals surface area contributed by atoms with Crippen LogP contribution in [0.1, 0.15) is 51.9 Å². The van der Waals surface area contributed by atoms with E-state index in [2.05, 4.69) is 13.5 Å². The minimum Gasteiger partial charge on any atom is -0.369 e. The molecule has 1 heterocycles. The molecular weight excluding hydrogens is 220 g/mol. The maximum atomic E-state index is 6.07. The van der Waals surface area contributed by atoms with Gasteiger partial charge in [-0.25, -0.2) is 0 Å². The standard InChI is InChI=1S/C17H26O/c1-10(2)12-6-4-8-14-13-7-3-5-11(13)9-15-17(18-15)16(12)14/h11-17H,1,3-9H2,2H3. The Hall–Kier alpha value is -0.300. The lowest BCUT2D eigenvalue weighted by Gasteiger charge is -2.41. The molecule has 4 fully saturated rings. The minimum absolute atomic E-state index is 0.614. The zero-order chi connectivity index (χ0) is 12.3. The Labute approximate surface area is 111 Å². The summed E-state index contributed by atoms with van der Waals surface area (Å²) < 4.78 is 6.07.